The summed E-state index contributed by atoms with van der Waals surface area (Å²) >= 11 is 5.24. The molecule has 0 spiro atoms. The Bertz CT molecular complexity index is 558. The van der Waals surface area contributed by atoms with Crippen molar-refractivity contribution < 1.29 is 4.74 Å². The topological polar surface area (TPSA) is 55.7 Å². The third-order valence-corrected chi connectivity index (χ3v) is 2.76. The monoisotopic (exact) mass is 264 g/mol. The van der Waals surface area contributed by atoms with Gasteiger partial charge >= 0.3 is 0 Å². The Hall–Kier alpha value is -1.69. The number of nitrogens with one attached hydrogen (secondary N) is 1. The largest absolute Gasteiger partial charge is 0.478 e. The summed E-state index contributed by atoms with van der Waals surface area (Å²) in [6, 6.07) is 3.77. The molecule has 96 valence electrons. The summed E-state index contributed by atoms with van der Waals surface area (Å²) in [7, 11) is 0. The van der Waals surface area contributed by atoms with Gasteiger partial charge in [0.2, 0.25) is 5.88 Å². The number of nitrogens with zero attached hydrogens (tertiary/aromatic N) is 3. The molecule has 0 amide bonds. The van der Waals surface area contributed by atoms with Crippen LogP contribution in [0.2, 0.25) is 0 Å². The summed E-state index contributed by atoms with van der Waals surface area (Å²) in [5, 5.41) is 7.04. The summed E-state index contributed by atoms with van der Waals surface area (Å²) in [5.41, 5.74) is 0.903. The Morgan fingerprint density at radius 2 is 2.22 bits per heavy atom. The maximum atomic E-state index is 5.32. The fourth-order valence-electron chi connectivity index (χ4n) is 1.73. The van der Waals surface area contributed by atoms with Crippen molar-refractivity contribution in [2.45, 2.75) is 26.7 Å². The van der Waals surface area contributed by atoms with E-state index in [0.29, 0.717) is 17.3 Å². The van der Waals surface area contributed by atoms with Crippen LogP contribution in [0.25, 0.3) is 5.69 Å². The summed E-state index contributed by atoms with van der Waals surface area (Å²) < 4.78 is 7.81. The first-order chi connectivity index (χ1) is 8.76. The smallest absolute Gasteiger partial charge is 0.213 e. The van der Waals surface area contributed by atoms with Crippen molar-refractivity contribution in [3.63, 3.8) is 0 Å². The van der Waals surface area contributed by atoms with Crippen molar-refractivity contribution in [2.24, 2.45) is 0 Å². The van der Waals surface area contributed by atoms with Gasteiger partial charge in [-0.15, -0.1) is 0 Å². The highest BCUT2D eigenvalue weighted by Gasteiger charge is 2.07. The number of H-pyrrole nitrogens is 1. The Morgan fingerprint density at radius 1 is 1.39 bits per heavy atom. The first-order valence-electron chi connectivity index (χ1n) is 6.01. The number of aromatic nitrogens is 4. The third-order valence-electron chi connectivity index (χ3n) is 2.49. The normalized spacial score (nSPS) is 10.6. The molecule has 1 N–H and O–H groups in total. The summed E-state index contributed by atoms with van der Waals surface area (Å²) in [6.45, 7) is 4.65. The lowest BCUT2D eigenvalue weighted by atomic mass is 10.3. The maximum Gasteiger partial charge on any atom is 0.213 e. The van der Waals surface area contributed by atoms with Crippen LogP contribution in [0.3, 0.4) is 0 Å². The summed E-state index contributed by atoms with van der Waals surface area (Å²) in [4.78, 5) is 4.24. The number of pyridine rings is 1. The van der Waals surface area contributed by atoms with Crippen LogP contribution in [0.15, 0.2) is 18.3 Å². The third kappa shape index (κ3) is 2.59. The van der Waals surface area contributed by atoms with Gasteiger partial charge in [0.05, 0.1) is 18.5 Å². The fraction of sp³-hybridized carbons (Fsp3) is 0.417. The molecule has 0 unspecified atom stereocenters. The number of aromatic amines is 1. The highest BCUT2D eigenvalue weighted by Crippen LogP contribution is 2.14. The molecule has 0 saturated heterocycles. The number of aryl methyl sites for hydroxylation is 1. The van der Waals surface area contributed by atoms with Crippen molar-refractivity contribution >= 4 is 12.2 Å². The second kappa shape index (κ2) is 5.77. The molecule has 2 aromatic heterocycles. The molecular formula is C12H16N4OS. The summed E-state index contributed by atoms with van der Waals surface area (Å²) in [6.07, 6.45) is 3.64. The molecule has 2 aromatic rings. The van der Waals surface area contributed by atoms with E-state index in [1.165, 1.54) is 0 Å². The maximum absolute atomic E-state index is 5.32. The molecule has 5 nitrogen and oxygen atoms in total. The number of hydrogen-bond acceptors (Lipinski definition) is 4. The van der Waals surface area contributed by atoms with Gasteiger partial charge in [0.25, 0.3) is 0 Å². The van der Waals surface area contributed by atoms with Crippen LogP contribution < -0.4 is 4.74 Å². The fourth-order valence-corrected chi connectivity index (χ4v) is 1.98. The van der Waals surface area contributed by atoms with E-state index in [1.807, 2.05) is 23.6 Å². The first kappa shape index (κ1) is 12.8. The molecule has 0 aliphatic rings. The molecule has 18 heavy (non-hydrogen) atoms. The van der Waals surface area contributed by atoms with Gasteiger partial charge in [0.1, 0.15) is 5.82 Å². The zero-order valence-corrected chi connectivity index (χ0v) is 11.3. The number of rotatable bonds is 5. The standard InChI is InChI=1S/C12H16N4OS/c1-3-5-10-14-15-12(18)16(10)9-6-7-11(13-8-9)17-4-2/h6-8H,3-5H2,1-2H3,(H,15,18). The van der Waals surface area contributed by atoms with Crippen LogP contribution in [0.5, 0.6) is 5.88 Å². The van der Waals surface area contributed by atoms with Crippen molar-refractivity contribution in [3.05, 3.63) is 28.9 Å². The first-order valence-corrected chi connectivity index (χ1v) is 6.42. The molecule has 0 radical (unpaired) electrons. The predicted octanol–water partition coefficient (Wildman–Crippen LogP) is 2.68. The lowest BCUT2D eigenvalue weighted by molar-refractivity contribution is 0.327. The van der Waals surface area contributed by atoms with Crippen LogP contribution in [0.1, 0.15) is 26.1 Å². The van der Waals surface area contributed by atoms with Crippen LogP contribution in [-0.2, 0) is 6.42 Å². The second-order valence-electron chi connectivity index (χ2n) is 3.82. The van der Waals surface area contributed by atoms with Crippen molar-refractivity contribution in [1.82, 2.24) is 19.7 Å². The number of ether oxygens (including phenoxy) is 1. The molecular weight excluding hydrogens is 248 g/mol. The average Bonchev–Trinajstić information content (AvgIpc) is 2.73. The van der Waals surface area contributed by atoms with Gasteiger partial charge in [-0.3, -0.25) is 9.67 Å². The van der Waals surface area contributed by atoms with E-state index in [1.54, 1.807) is 6.20 Å². The molecule has 0 aliphatic heterocycles. The molecule has 0 saturated carbocycles. The van der Waals surface area contributed by atoms with Crippen molar-refractivity contribution in [2.75, 3.05) is 6.61 Å². The van der Waals surface area contributed by atoms with Crippen LogP contribution in [0, 0.1) is 4.77 Å². The van der Waals surface area contributed by atoms with Gasteiger partial charge in [-0.2, -0.15) is 5.10 Å². The van der Waals surface area contributed by atoms with E-state index in [4.69, 9.17) is 17.0 Å². The van der Waals surface area contributed by atoms with Gasteiger partial charge in [0.15, 0.2) is 4.77 Å². The minimum Gasteiger partial charge on any atom is -0.478 e. The molecule has 0 aliphatic carbocycles. The Labute approximate surface area is 111 Å². The Balaban J connectivity index is 2.36. The highest BCUT2D eigenvalue weighted by atomic mass is 32.1. The average molecular weight is 264 g/mol. The molecule has 0 bridgehead atoms. The minimum atomic E-state index is 0.587. The highest BCUT2D eigenvalue weighted by molar-refractivity contribution is 7.71. The van der Waals surface area contributed by atoms with Crippen molar-refractivity contribution in [1.29, 1.82) is 0 Å². The molecule has 0 fully saturated rings. The molecule has 2 rings (SSSR count). The van der Waals surface area contributed by atoms with Gasteiger partial charge in [-0.25, -0.2) is 4.98 Å². The molecule has 6 heteroatoms. The minimum absolute atomic E-state index is 0.587. The Morgan fingerprint density at radius 3 is 2.83 bits per heavy atom. The van der Waals surface area contributed by atoms with Gasteiger partial charge in [-0.1, -0.05) is 6.92 Å². The quantitative estimate of drug-likeness (QED) is 0.844. The van der Waals surface area contributed by atoms with Gasteiger partial charge in [0, 0.05) is 12.5 Å². The van der Waals surface area contributed by atoms with E-state index in [9.17, 15) is 0 Å². The summed E-state index contributed by atoms with van der Waals surface area (Å²) in [5.74, 6) is 1.54. The van der Waals surface area contributed by atoms with E-state index in [0.717, 1.165) is 24.4 Å². The van der Waals surface area contributed by atoms with E-state index in [-0.39, 0.29) is 0 Å². The molecule has 0 aromatic carbocycles. The SMILES string of the molecule is CCCc1n[nH]c(=S)n1-c1ccc(OCC)nc1. The lowest BCUT2D eigenvalue weighted by Crippen LogP contribution is -2.02. The number of hydrogen-bond donors (Lipinski definition) is 1. The zero-order chi connectivity index (χ0) is 13.0. The van der Waals surface area contributed by atoms with Crippen LogP contribution in [0.4, 0.5) is 0 Å². The second-order valence-corrected chi connectivity index (χ2v) is 4.20. The predicted molar refractivity (Wildman–Crippen MR) is 71.7 cm³/mol. The van der Waals surface area contributed by atoms with E-state index < -0.39 is 0 Å². The van der Waals surface area contributed by atoms with Crippen LogP contribution >= 0.6 is 12.2 Å². The van der Waals surface area contributed by atoms with Gasteiger partial charge < -0.3 is 4.74 Å². The van der Waals surface area contributed by atoms with Crippen LogP contribution in [-0.4, -0.2) is 26.4 Å². The van der Waals surface area contributed by atoms with E-state index >= 15 is 0 Å². The zero-order valence-electron chi connectivity index (χ0n) is 10.5. The molecule has 0 atom stereocenters. The van der Waals surface area contributed by atoms with E-state index in [2.05, 4.69) is 22.1 Å². The van der Waals surface area contributed by atoms with Crippen molar-refractivity contribution in [3.8, 4) is 11.6 Å². The molecule has 2 heterocycles. The lowest BCUT2D eigenvalue weighted by Gasteiger charge is -2.07. The Kier molecular flexibility index (Phi) is 4.09. The van der Waals surface area contributed by atoms with Gasteiger partial charge in [-0.05, 0) is 31.6 Å².